The quantitative estimate of drug-likeness (QED) is 0.859. The Bertz CT molecular complexity index is 689. The van der Waals surface area contributed by atoms with Crippen LogP contribution in [0.4, 0.5) is 0 Å². The fourth-order valence-corrected chi connectivity index (χ4v) is 1.84. The smallest absolute Gasteiger partial charge is 0.334 e. The first-order chi connectivity index (χ1) is 9.06. The number of ether oxygens (including phenoxy) is 2. The zero-order valence-corrected chi connectivity index (χ0v) is 11.0. The minimum absolute atomic E-state index is 0.0203. The Morgan fingerprint density at radius 3 is 2.47 bits per heavy atom. The number of aromatic nitrogens is 2. The van der Waals surface area contributed by atoms with Gasteiger partial charge in [0.25, 0.3) is 5.56 Å². The molecule has 1 N–H and O–H groups in total. The molecule has 0 amide bonds. The van der Waals surface area contributed by atoms with E-state index in [0.29, 0.717) is 11.5 Å². The predicted molar refractivity (Wildman–Crippen MR) is 70.8 cm³/mol. The number of aromatic amines is 1. The molecule has 0 saturated heterocycles. The van der Waals surface area contributed by atoms with Crippen LogP contribution in [0.25, 0.3) is 5.69 Å². The molecule has 0 aliphatic rings. The van der Waals surface area contributed by atoms with Gasteiger partial charge in [0.2, 0.25) is 0 Å². The Balaban J connectivity index is 2.78. The molecule has 2 rings (SSSR count). The molecule has 0 fully saturated rings. The summed E-state index contributed by atoms with van der Waals surface area (Å²) in [6, 6.07) is 5.91. The molecule has 0 spiro atoms. The van der Waals surface area contributed by atoms with E-state index in [-0.39, 0.29) is 10.8 Å². The van der Waals surface area contributed by atoms with Crippen LogP contribution in [0.2, 0.25) is 5.15 Å². The number of hydrogen-bond donors (Lipinski definition) is 1. The lowest BCUT2D eigenvalue weighted by Crippen LogP contribution is -2.33. The van der Waals surface area contributed by atoms with Gasteiger partial charge in [0.15, 0.2) is 0 Å². The topological polar surface area (TPSA) is 73.3 Å². The molecule has 100 valence electrons. The number of H-pyrrole nitrogens is 1. The molecule has 6 nitrogen and oxygen atoms in total. The van der Waals surface area contributed by atoms with Gasteiger partial charge in [-0.05, 0) is 12.1 Å². The highest BCUT2D eigenvalue weighted by Crippen LogP contribution is 2.25. The van der Waals surface area contributed by atoms with E-state index in [0.717, 1.165) is 10.6 Å². The molecular formula is C12H11ClN2O4. The zero-order chi connectivity index (χ0) is 14.0. The molecule has 0 aliphatic carbocycles. The van der Waals surface area contributed by atoms with Crippen molar-refractivity contribution in [2.24, 2.45) is 0 Å². The minimum atomic E-state index is -0.649. The largest absolute Gasteiger partial charge is 0.497 e. The predicted octanol–water partition coefficient (Wildman–Crippen LogP) is 1.20. The fourth-order valence-electron chi connectivity index (χ4n) is 1.67. The molecule has 0 aliphatic heterocycles. The van der Waals surface area contributed by atoms with E-state index < -0.39 is 11.2 Å². The van der Waals surface area contributed by atoms with Crippen molar-refractivity contribution in [2.75, 3.05) is 14.2 Å². The van der Waals surface area contributed by atoms with Crippen LogP contribution in [-0.2, 0) is 0 Å². The molecule has 0 saturated carbocycles. The Labute approximate surface area is 113 Å². The van der Waals surface area contributed by atoms with Gasteiger partial charge in [0.1, 0.15) is 16.7 Å². The molecule has 1 heterocycles. The van der Waals surface area contributed by atoms with E-state index in [1.165, 1.54) is 20.3 Å². The van der Waals surface area contributed by atoms with Crippen molar-refractivity contribution >= 4 is 11.6 Å². The van der Waals surface area contributed by atoms with Gasteiger partial charge in [-0.15, -0.1) is 0 Å². The van der Waals surface area contributed by atoms with Gasteiger partial charge in [-0.25, -0.2) is 9.36 Å². The van der Waals surface area contributed by atoms with Gasteiger partial charge < -0.3 is 9.47 Å². The van der Waals surface area contributed by atoms with Gasteiger partial charge in [-0.2, -0.15) is 0 Å². The monoisotopic (exact) mass is 282 g/mol. The third-order valence-corrected chi connectivity index (χ3v) is 2.73. The minimum Gasteiger partial charge on any atom is -0.497 e. The Kier molecular flexibility index (Phi) is 3.62. The molecule has 1 aromatic carbocycles. The highest BCUT2D eigenvalue weighted by molar-refractivity contribution is 6.29. The van der Waals surface area contributed by atoms with Gasteiger partial charge in [-0.3, -0.25) is 9.78 Å². The van der Waals surface area contributed by atoms with Crippen molar-refractivity contribution in [1.82, 2.24) is 9.55 Å². The lowest BCUT2D eigenvalue weighted by atomic mass is 10.2. The maximum absolute atomic E-state index is 11.9. The lowest BCUT2D eigenvalue weighted by molar-refractivity contribution is 0.401. The zero-order valence-electron chi connectivity index (χ0n) is 10.3. The van der Waals surface area contributed by atoms with Crippen LogP contribution in [-0.4, -0.2) is 23.8 Å². The van der Waals surface area contributed by atoms with Crippen LogP contribution in [0.1, 0.15) is 0 Å². The normalized spacial score (nSPS) is 10.3. The Hall–Kier alpha value is -2.21. The number of hydrogen-bond acceptors (Lipinski definition) is 4. The van der Waals surface area contributed by atoms with E-state index in [1.54, 1.807) is 12.1 Å². The van der Waals surface area contributed by atoms with Gasteiger partial charge in [0, 0.05) is 12.1 Å². The lowest BCUT2D eigenvalue weighted by Gasteiger charge is -2.11. The van der Waals surface area contributed by atoms with E-state index in [4.69, 9.17) is 21.1 Å². The second-order valence-electron chi connectivity index (χ2n) is 3.63. The first kappa shape index (κ1) is 13.2. The molecule has 0 unspecified atom stereocenters. The van der Waals surface area contributed by atoms with Crippen molar-refractivity contribution in [1.29, 1.82) is 0 Å². The Morgan fingerprint density at radius 2 is 1.89 bits per heavy atom. The summed E-state index contributed by atoms with van der Waals surface area (Å²) in [6.45, 7) is 0. The molecule has 0 bridgehead atoms. The molecule has 7 heteroatoms. The molecule has 2 aromatic rings. The van der Waals surface area contributed by atoms with E-state index in [2.05, 4.69) is 4.98 Å². The first-order valence-corrected chi connectivity index (χ1v) is 5.69. The summed E-state index contributed by atoms with van der Waals surface area (Å²) >= 11 is 5.62. The fraction of sp³-hybridized carbons (Fsp3) is 0.167. The van der Waals surface area contributed by atoms with E-state index in [9.17, 15) is 9.59 Å². The van der Waals surface area contributed by atoms with E-state index in [1.807, 2.05) is 0 Å². The molecule has 1 aromatic heterocycles. The average Bonchev–Trinajstić information content (AvgIpc) is 2.37. The average molecular weight is 283 g/mol. The summed E-state index contributed by atoms with van der Waals surface area (Å²) in [5.74, 6) is 0.868. The molecule has 0 atom stereocenters. The Morgan fingerprint density at radius 1 is 1.16 bits per heavy atom. The summed E-state index contributed by atoms with van der Waals surface area (Å²) < 4.78 is 11.1. The van der Waals surface area contributed by atoms with Crippen LogP contribution >= 0.6 is 11.6 Å². The second-order valence-corrected chi connectivity index (χ2v) is 4.04. The van der Waals surface area contributed by atoms with Gasteiger partial charge >= 0.3 is 5.69 Å². The molecule has 0 radical (unpaired) electrons. The molecule has 19 heavy (non-hydrogen) atoms. The summed E-state index contributed by atoms with van der Waals surface area (Å²) in [5, 5.41) is -0.0203. The number of rotatable bonds is 3. The number of halogens is 1. The second kappa shape index (κ2) is 5.19. The third-order valence-electron chi connectivity index (χ3n) is 2.53. The van der Waals surface area contributed by atoms with Gasteiger partial charge in [0.05, 0.1) is 19.9 Å². The van der Waals surface area contributed by atoms with Crippen LogP contribution in [0.15, 0.2) is 33.9 Å². The van der Waals surface area contributed by atoms with Crippen LogP contribution < -0.4 is 20.7 Å². The van der Waals surface area contributed by atoms with Crippen LogP contribution in [0.5, 0.6) is 11.5 Å². The summed E-state index contributed by atoms with van der Waals surface area (Å²) in [7, 11) is 2.93. The first-order valence-electron chi connectivity index (χ1n) is 5.31. The van der Waals surface area contributed by atoms with Gasteiger partial charge in [-0.1, -0.05) is 11.6 Å². The van der Waals surface area contributed by atoms with Crippen molar-refractivity contribution in [3.05, 3.63) is 50.3 Å². The number of benzene rings is 1. The molecular weight excluding hydrogens is 272 g/mol. The summed E-state index contributed by atoms with van der Waals surface area (Å²) in [5.41, 5.74) is -0.922. The van der Waals surface area contributed by atoms with Crippen LogP contribution in [0.3, 0.4) is 0 Å². The van der Waals surface area contributed by atoms with Crippen molar-refractivity contribution < 1.29 is 9.47 Å². The SMILES string of the molecule is COc1ccc(OC)c(-n2c(=O)cc(Cl)[nH]c2=O)c1. The van der Waals surface area contributed by atoms with Crippen LogP contribution in [0, 0.1) is 0 Å². The van der Waals surface area contributed by atoms with E-state index >= 15 is 0 Å². The highest BCUT2D eigenvalue weighted by atomic mass is 35.5. The van der Waals surface area contributed by atoms with Crippen molar-refractivity contribution in [3.8, 4) is 17.2 Å². The van der Waals surface area contributed by atoms with Crippen molar-refractivity contribution in [3.63, 3.8) is 0 Å². The summed E-state index contributed by atoms with van der Waals surface area (Å²) in [4.78, 5) is 26.1. The third kappa shape index (κ3) is 2.48. The standard InChI is InChI=1S/C12H11ClN2O4/c1-18-7-3-4-9(19-2)8(5-7)15-11(16)6-10(13)14-12(15)17/h3-6H,1-2H3,(H,14,17). The maximum atomic E-state index is 11.9. The highest BCUT2D eigenvalue weighted by Gasteiger charge is 2.12. The van der Waals surface area contributed by atoms with Crippen molar-refractivity contribution in [2.45, 2.75) is 0 Å². The summed E-state index contributed by atoms with van der Waals surface area (Å²) in [6.07, 6.45) is 0. The maximum Gasteiger partial charge on any atom is 0.334 e. The number of nitrogens with zero attached hydrogens (tertiary/aromatic N) is 1. The number of methoxy groups -OCH3 is 2. The number of nitrogens with one attached hydrogen (secondary N) is 1.